The Morgan fingerprint density at radius 3 is 2.38 bits per heavy atom. The van der Waals surface area contributed by atoms with Gasteiger partial charge in [0.25, 0.3) is 0 Å². The van der Waals surface area contributed by atoms with Gasteiger partial charge in [0.2, 0.25) is 5.95 Å². The zero-order valence-corrected chi connectivity index (χ0v) is 15.7. The maximum atomic E-state index is 4.49. The Morgan fingerprint density at radius 1 is 0.962 bits per heavy atom. The van der Waals surface area contributed by atoms with Gasteiger partial charge < -0.3 is 10.6 Å². The summed E-state index contributed by atoms with van der Waals surface area (Å²) >= 11 is 0. The van der Waals surface area contributed by atoms with Gasteiger partial charge in [-0.2, -0.15) is 10.1 Å². The van der Waals surface area contributed by atoms with Crippen molar-refractivity contribution in [3.8, 4) is 0 Å². The van der Waals surface area contributed by atoms with Crippen molar-refractivity contribution in [2.24, 2.45) is 0 Å². The minimum absolute atomic E-state index is 0.135. The molecule has 3 aromatic rings. The summed E-state index contributed by atoms with van der Waals surface area (Å²) in [6.07, 6.45) is 1.63. The highest BCUT2D eigenvalue weighted by atomic mass is 15.3. The van der Waals surface area contributed by atoms with Gasteiger partial charge in [-0.05, 0) is 41.2 Å². The summed E-state index contributed by atoms with van der Waals surface area (Å²) in [6.45, 7) is 9.40. The van der Waals surface area contributed by atoms with Gasteiger partial charge in [0.1, 0.15) is 0 Å². The summed E-state index contributed by atoms with van der Waals surface area (Å²) in [5.74, 6) is 1.17. The molecule has 2 aromatic carbocycles. The van der Waals surface area contributed by atoms with Crippen molar-refractivity contribution in [2.45, 2.75) is 39.7 Å². The van der Waals surface area contributed by atoms with E-state index >= 15 is 0 Å². The lowest BCUT2D eigenvalue weighted by Gasteiger charge is -2.19. The monoisotopic (exact) mass is 347 g/mol. The third-order valence-corrected chi connectivity index (χ3v) is 4.29. The van der Waals surface area contributed by atoms with Gasteiger partial charge in [0, 0.05) is 12.2 Å². The number of rotatable bonds is 5. The van der Waals surface area contributed by atoms with Gasteiger partial charge in [-0.3, -0.25) is 0 Å². The van der Waals surface area contributed by atoms with E-state index in [9.17, 15) is 0 Å². The number of nitrogens with one attached hydrogen (secondary N) is 2. The van der Waals surface area contributed by atoms with E-state index in [0.29, 0.717) is 18.3 Å². The highest BCUT2D eigenvalue weighted by Crippen LogP contribution is 2.24. The molecule has 1 heterocycles. The van der Waals surface area contributed by atoms with Crippen LogP contribution in [0.15, 0.2) is 54.7 Å². The topological polar surface area (TPSA) is 62.7 Å². The van der Waals surface area contributed by atoms with Crippen LogP contribution < -0.4 is 10.6 Å². The zero-order valence-electron chi connectivity index (χ0n) is 15.7. The molecule has 0 spiro atoms. The molecular weight excluding hydrogens is 322 g/mol. The van der Waals surface area contributed by atoms with Crippen LogP contribution in [0, 0.1) is 6.92 Å². The van der Waals surface area contributed by atoms with Crippen LogP contribution >= 0.6 is 0 Å². The number of benzene rings is 2. The normalized spacial score (nSPS) is 11.2. The average Bonchev–Trinajstić information content (AvgIpc) is 2.61. The molecule has 3 rings (SSSR count). The van der Waals surface area contributed by atoms with Crippen molar-refractivity contribution in [3.63, 3.8) is 0 Å². The van der Waals surface area contributed by atoms with Crippen LogP contribution in [-0.2, 0) is 12.0 Å². The van der Waals surface area contributed by atoms with E-state index < -0.39 is 0 Å². The molecular formula is C21H25N5. The highest BCUT2D eigenvalue weighted by Gasteiger charge is 2.13. The number of anilines is 3. The van der Waals surface area contributed by atoms with Crippen LogP contribution in [0.1, 0.15) is 37.5 Å². The Labute approximate surface area is 154 Å². The number of aromatic nitrogens is 3. The molecule has 1 aromatic heterocycles. The molecule has 0 saturated heterocycles. The van der Waals surface area contributed by atoms with Crippen LogP contribution in [-0.4, -0.2) is 15.2 Å². The Balaban J connectivity index is 1.66. The van der Waals surface area contributed by atoms with Crippen molar-refractivity contribution in [1.29, 1.82) is 0 Å². The SMILES string of the molecule is Cc1ccccc1CNc1cnnc(Nc2ccc(C(C)(C)C)cc2)n1. The second-order valence-electron chi connectivity index (χ2n) is 7.40. The van der Waals surface area contributed by atoms with Crippen LogP contribution in [0.5, 0.6) is 0 Å². The molecule has 0 aliphatic rings. The summed E-state index contributed by atoms with van der Waals surface area (Å²) < 4.78 is 0. The first-order chi connectivity index (χ1) is 12.4. The largest absolute Gasteiger partial charge is 0.365 e. The van der Waals surface area contributed by atoms with Crippen LogP contribution in [0.3, 0.4) is 0 Å². The summed E-state index contributed by atoms with van der Waals surface area (Å²) in [6, 6.07) is 16.6. The summed E-state index contributed by atoms with van der Waals surface area (Å²) in [5.41, 5.74) is 4.85. The third-order valence-electron chi connectivity index (χ3n) is 4.29. The minimum atomic E-state index is 0.135. The van der Waals surface area contributed by atoms with E-state index in [0.717, 1.165) is 5.69 Å². The van der Waals surface area contributed by atoms with E-state index in [1.165, 1.54) is 16.7 Å². The third kappa shape index (κ3) is 4.57. The molecule has 134 valence electrons. The molecule has 0 radical (unpaired) electrons. The standard InChI is InChI=1S/C21H25N5/c1-15-7-5-6-8-16(15)13-22-19-14-23-26-20(25-19)24-18-11-9-17(10-12-18)21(2,3)4/h5-12,14H,13H2,1-4H3,(H2,22,24,25,26). The van der Waals surface area contributed by atoms with E-state index in [4.69, 9.17) is 0 Å². The van der Waals surface area contributed by atoms with Gasteiger partial charge in [-0.15, -0.1) is 5.10 Å². The molecule has 5 heteroatoms. The second-order valence-corrected chi connectivity index (χ2v) is 7.40. The molecule has 0 saturated carbocycles. The fourth-order valence-electron chi connectivity index (χ4n) is 2.62. The molecule has 0 aliphatic heterocycles. The lowest BCUT2D eigenvalue weighted by atomic mass is 9.87. The average molecular weight is 347 g/mol. The Bertz CT molecular complexity index is 866. The summed E-state index contributed by atoms with van der Waals surface area (Å²) in [7, 11) is 0. The molecule has 0 amide bonds. The van der Waals surface area contributed by atoms with Gasteiger partial charge in [-0.1, -0.05) is 57.2 Å². The number of hydrogen-bond donors (Lipinski definition) is 2. The van der Waals surface area contributed by atoms with Crippen LogP contribution in [0.4, 0.5) is 17.5 Å². The van der Waals surface area contributed by atoms with Crippen molar-refractivity contribution < 1.29 is 0 Å². The van der Waals surface area contributed by atoms with Gasteiger partial charge >= 0.3 is 0 Å². The molecule has 26 heavy (non-hydrogen) atoms. The lowest BCUT2D eigenvalue weighted by molar-refractivity contribution is 0.590. The smallest absolute Gasteiger partial charge is 0.249 e. The van der Waals surface area contributed by atoms with Crippen molar-refractivity contribution >= 4 is 17.5 Å². The second kappa shape index (κ2) is 7.52. The molecule has 0 fully saturated rings. The maximum absolute atomic E-state index is 4.49. The first-order valence-electron chi connectivity index (χ1n) is 8.77. The fourth-order valence-corrected chi connectivity index (χ4v) is 2.62. The van der Waals surface area contributed by atoms with E-state index in [2.05, 4.69) is 77.8 Å². The maximum Gasteiger partial charge on any atom is 0.249 e. The minimum Gasteiger partial charge on any atom is -0.365 e. The predicted molar refractivity (Wildman–Crippen MR) is 107 cm³/mol. The Morgan fingerprint density at radius 2 is 1.69 bits per heavy atom. The predicted octanol–water partition coefficient (Wildman–Crippen LogP) is 4.83. The van der Waals surface area contributed by atoms with Crippen LogP contribution in [0.25, 0.3) is 0 Å². The molecule has 0 aliphatic carbocycles. The molecule has 0 atom stereocenters. The van der Waals surface area contributed by atoms with Crippen LogP contribution in [0.2, 0.25) is 0 Å². The number of nitrogens with zero attached hydrogens (tertiary/aromatic N) is 3. The quantitative estimate of drug-likeness (QED) is 0.692. The zero-order chi connectivity index (χ0) is 18.6. The van der Waals surface area contributed by atoms with Gasteiger partial charge in [0.15, 0.2) is 5.82 Å². The van der Waals surface area contributed by atoms with Crippen molar-refractivity contribution in [2.75, 3.05) is 10.6 Å². The summed E-state index contributed by atoms with van der Waals surface area (Å²) in [5, 5.41) is 14.6. The number of hydrogen-bond acceptors (Lipinski definition) is 5. The molecule has 0 bridgehead atoms. The van der Waals surface area contributed by atoms with E-state index in [-0.39, 0.29) is 5.41 Å². The van der Waals surface area contributed by atoms with Crippen molar-refractivity contribution in [3.05, 3.63) is 71.4 Å². The molecule has 0 unspecified atom stereocenters. The lowest BCUT2D eigenvalue weighted by Crippen LogP contribution is -2.10. The fraction of sp³-hybridized carbons (Fsp3) is 0.286. The van der Waals surface area contributed by atoms with E-state index in [1.807, 2.05) is 24.3 Å². The highest BCUT2D eigenvalue weighted by molar-refractivity contribution is 5.55. The Kier molecular flexibility index (Phi) is 5.16. The molecule has 5 nitrogen and oxygen atoms in total. The first kappa shape index (κ1) is 17.9. The number of aryl methyl sites for hydroxylation is 1. The first-order valence-corrected chi connectivity index (χ1v) is 8.77. The van der Waals surface area contributed by atoms with Gasteiger partial charge in [0.05, 0.1) is 6.20 Å². The molecule has 2 N–H and O–H groups in total. The Hall–Kier alpha value is -2.95. The van der Waals surface area contributed by atoms with E-state index in [1.54, 1.807) is 6.20 Å². The van der Waals surface area contributed by atoms with Gasteiger partial charge in [-0.25, -0.2) is 0 Å². The van der Waals surface area contributed by atoms with Crippen molar-refractivity contribution in [1.82, 2.24) is 15.2 Å². The summed E-state index contributed by atoms with van der Waals surface area (Å²) in [4.78, 5) is 4.49.